The first-order valence-corrected chi connectivity index (χ1v) is 8.31. The first-order valence-electron chi connectivity index (χ1n) is 8.31. The summed E-state index contributed by atoms with van der Waals surface area (Å²) in [4.78, 5) is 30.5. The zero-order chi connectivity index (χ0) is 18.5. The van der Waals surface area contributed by atoms with Gasteiger partial charge in [-0.05, 0) is 23.3 Å². The summed E-state index contributed by atoms with van der Waals surface area (Å²) in [5.41, 5.74) is 3.30. The molecule has 1 aliphatic rings. The van der Waals surface area contributed by atoms with Gasteiger partial charge in [-0.1, -0.05) is 47.6 Å². The van der Waals surface area contributed by atoms with Gasteiger partial charge in [0.2, 0.25) is 0 Å². The fourth-order valence-electron chi connectivity index (χ4n) is 2.97. The molecule has 0 aliphatic carbocycles. The van der Waals surface area contributed by atoms with Crippen molar-refractivity contribution in [1.29, 1.82) is 0 Å². The van der Waals surface area contributed by atoms with Crippen LogP contribution in [0.3, 0.4) is 0 Å². The normalized spacial score (nSPS) is 18.0. The zero-order valence-electron chi connectivity index (χ0n) is 14.7. The van der Waals surface area contributed by atoms with Gasteiger partial charge in [-0.3, -0.25) is 14.5 Å². The minimum atomic E-state index is -0.664. The number of carbonyl (C=O) groups is 2. The number of esters is 1. The van der Waals surface area contributed by atoms with Gasteiger partial charge in [-0.25, -0.2) is 0 Å². The van der Waals surface area contributed by atoms with Crippen molar-refractivity contribution in [3.8, 4) is 11.1 Å². The lowest BCUT2D eigenvalue weighted by atomic mass is 10.0. The monoisotopic (exact) mass is 352 g/mol. The molecule has 0 aromatic heterocycles. The Morgan fingerprint density at radius 3 is 2.31 bits per heavy atom. The molecular weight excluding hydrogens is 332 g/mol. The number of amides is 1. The lowest BCUT2D eigenvalue weighted by molar-refractivity contribution is -0.151. The van der Waals surface area contributed by atoms with E-state index in [1.54, 1.807) is 12.1 Å². The highest BCUT2D eigenvalue weighted by atomic mass is 16.6. The Bertz CT molecular complexity index is 815. The molecule has 1 atom stereocenters. The van der Waals surface area contributed by atoms with E-state index in [9.17, 15) is 9.59 Å². The number of ether oxygens (including phenoxy) is 1. The highest BCUT2D eigenvalue weighted by molar-refractivity contribution is 6.00. The molecule has 2 aromatic rings. The third kappa shape index (κ3) is 3.91. The molecule has 1 saturated heterocycles. The second kappa shape index (κ2) is 7.82. The topological polar surface area (TPSA) is 68.2 Å². The van der Waals surface area contributed by atoms with E-state index in [1.807, 2.05) is 42.5 Å². The number of oxime groups is 1. The Hall–Kier alpha value is -3.15. The van der Waals surface area contributed by atoms with Crippen LogP contribution in [0.4, 0.5) is 0 Å². The minimum absolute atomic E-state index is 0.211. The van der Waals surface area contributed by atoms with Crippen molar-refractivity contribution in [3.63, 3.8) is 0 Å². The number of hydrogen-bond donors (Lipinski definition) is 0. The molecule has 0 spiro atoms. The Balaban J connectivity index is 1.80. The SMILES string of the molecule is CON=C1C[C@H](OC(C)=O)N(C(=O)c2ccc(-c3ccccc3)cc2)C1. The number of benzene rings is 2. The van der Waals surface area contributed by atoms with Crippen molar-refractivity contribution < 1.29 is 19.2 Å². The van der Waals surface area contributed by atoms with Crippen LogP contribution in [0.2, 0.25) is 0 Å². The van der Waals surface area contributed by atoms with Crippen molar-refractivity contribution in [2.24, 2.45) is 5.16 Å². The molecule has 6 heteroatoms. The number of nitrogens with zero attached hydrogens (tertiary/aromatic N) is 2. The van der Waals surface area contributed by atoms with Gasteiger partial charge in [0.05, 0.1) is 12.3 Å². The summed E-state index contributed by atoms with van der Waals surface area (Å²) >= 11 is 0. The van der Waals surface area contributed by atoms with Gasteiger partial charge >= 0.3 is 5.97 Å². The Morgan fingerprint density at radius 2 is 1.69 bits per heavy atom. The van der Waals surface area contributed by atoms with Crippen LogP contribution >= 0.6 is 0 Å². The van der Waals surface area contributed by atoms with E-state index in [1.165, 1.54) is 18.9 Å². The first kappa shape index (κ1) is 17.7. The van der Waals surface area contributed by atoms with Crippen molar-refractivity contribution in [2.75, 3.05) is 13.7 Å². The third-order valence-electron chi connectivity index (χ3n) is 4.13. The molecule has 1 amide bonds. The largest absolute Gasteiger partial charge is 0.441 e. The van der Waals surface area contributed by atoms with Crippen LogP contribution in [-0.2, 0) is 14.4 Å². The fraction of sp³-hybridized carbons (Fsp3) is 0.250. The molecular formula is C20H20N2O4. The number of carbonyl (C=O) groups excluding carboxylic acids is 2. The Morgan fingerprint density at radius 1 is 1.04 bits per heavy atom. The minimum Gasteiger partial charge on any atom is -0.441 e. The standard InChI is InChI=1S/C20H20N2O4/c1-14(23)26-19-12-18(21-25-2)13-22(19)20(24)17-10-8-16(9-11-17)15-6-4-3-5-7-15/h3-11,19H,12-13H2,1-2H3/t19-/m0/s1. The quantitative estimate of drug-likeness (QED) is 0.626. The predicted molar refractivity (Wildman–Crippen MR) is 97.5 cm³/mol. The molecule has 3 rings (SSSR count). The molecule has 1 aliphatic heterocycles. The van der Waals surface area contributed by atoms with Crippen LogP contribution in [0.25, 0.3) is 11.1 Å². The molecule has 6 nitrogen and oxygen atoms in total. The van der Waals surface area contributed by atoms with Gasteiger partial charge in [-0.15, -0.1) is 0 Å². The third-order valence-corrected chi connectivity index (χ3v) is 4.13. The summed E-state index contributed by atoms with van der Waals surface area (Å²) in [5.74, 6) is -0.650. The number of rotatable bonds is 4. The molecule has 0 radical (unpaired) electrons. The fourth-order valence-corrected chi connectivity index (χ4v) is 2.97. The van der Waals surface area contributed by atoms with E-state index < -0.39 is 12.2 Å². The van der Waals surface area contributed by atoms with Crippen molar-refractivity contribution in [1.82, 2.24) is 4.90 Å². The highest BCUT2D eigenvalue weighted by Crippen LogP contribution is 2.23. The van der Waals surface area contributed by atoms with Crippen LogP contribution in [0.5, 0.6) is 0 Å². The summed E-state index contributed by atoms with van der Waals surface area (Å²) in [6, 6.07) is 17.3. The zero-order valence-corrected chi connectivity index (χ0v) is 14.7. The smallest absolute Gasteiger partial charge is 0.304 e. The summed E-state index contributed by atoms with van der Waals surface area (Å²) in [7, 11) is 1.45. The van der Waals surface area contributed by atoms with Crippen LogP contribution in [0.1, 0.15) is 23.7 Å². The van der Waals surface area contributed by atoms with E-state index in [0.29, 0.717) is 17.7 Å². The van der Waals surface area contributed by atoms with Gasteiger partial charge in [0, 0.05) is 18.9 Å². The average Bonchev–Trinajstić information content (AvgIpc) is 3.04. The van der Waals surface area contributed by atoms with Gasteiger partial charge in [0.15, 0.2) is 6.23 Å². The summed E-state index contributed by atoms with van der Waals surface area (Å²) < 4.78 is 5.27. The second-order valence-electron chi connectivity index (χ2n) is 5.98. The van der Waals surface area contributed by atoms with E-state index >= 15 is 0 Å². The Kier molecular flexibility index (Phi) is 5.31. The molecule has 1 heterocycles. The van der Waals surface area contributed by atoms with Crippen LogP contribution in [0, 0.1) is 0 Å². The van der Waals surface area contributed by atoms with Gasteiger partial charge in [0.1, 0.15) is 7.11 Å². The van der Waals surface area contributed by atoms with Gasteiger partial charge in [0.25, 0.3) is 5.91 Å². The predicted octanol–water partition coefficient (Wildman–Crippen LogP) is 3.09. The van der Waals surface area contributed by atoms with Crippen molar-refractivity contribution >= 4 is 17.6 Å². The summed E-state index contributed by atoms with van der Waals surface area (Å²) in [5, 5.41) is 3.89. The maximum atomic E-state index is 12.9. The van der Waals surface area contributed by atoms with E-state index in [0.717, 1.165) is 11.1 Å². The summed E-state index contributed by atoms with van der Waals surface area (Å²) in [6.45, 7) is 1.59. The highest BCUT2D eigenvalue weighted by Gasteiger charge is 2.36. The van der Waals surface area contributed by atoms with Crippen molar-refractivity contribution in [2.45, 2.75) is 19.6 Å². The first-order chi connectivity index (χ1) is 12.6. The van der Waals surface area contributed by atoms with Crippen molar-refractivity contribution in [3.05, 3.63) is 60.2 Å². The van der Waals surface area contributed by atoms with E-state index in [-0.39, 0.29) is 12.5 Å². The van der Waals surface area contributed by atoms with E-state index in [2.05, 4.69) is 5.16 Å². The second-order valence-corrected chi connectivity index (χ2v) is 5.98. The molecule has 0 unspecified atom stereocenters. The van der Waals surface area contributed by atoms with Gasteiger partial charge in [-0.2, -0.15) is 0 Å². The number of hydrogen-bond acceptors (Lipinski definition) is 5. The molecule has 2 aromatic carbocycles. The van der Waals surface area contributed by atoms with Crippen LogP contribution < -0.4 is 0 Å². The molecule has 0 N–H and O–H groups in total. The lowest BCUT2D eigenvalue weighted by Gasteiger charge is -2.23. The molecule has 134 valence electrons. The maximum absolute atomic E-state index is 12.9. The summed E-state index contributed by atoms with van der Waals surface area (Å²) in [6.07, 6.45) is -0.316. The maximum Gasteiger partial charge on any atom is 0.304 e. The van der Waals surface area contributed by atoms with Crippen LogP contribution in [0.15, 0.2) is 59.8 Å². The molecule has 1 fully saturated rings. The molecule has 0 saturated carbocycles. The van der Waals surface area contributed by atoms with E-state index in [4.69, 9.17) is 9.57 Å². The molecule has 26 heavy (non-hydrogen) atoms. The van der Waals surface area contributed by atoms with Crippen LogP contribution in [-0.4, -0.2) is 42.4 Å². The Labute approximate surface area is 152 Å². The number of likely N-dealkylation sites (tertiary alicyclic amines) is 1. The average molecular weight is 352 g/mol. The van der Waals surface area contributed by atoms with Gasteiger partial charge < -0.3 is 9.57 Å². The lowest BCUT2D eigenvalue weighted by Crippen LogP contribution is -2.38. The molecule has 0 bridgehead atoms.